The standard InChI is InChI=1S/C11H9ClFN3O/c1-6-14-11(12)10(16-15-6)7-3-4-9(17-2)8(13)5-7/h3-5H,1-2H3. The number of benzene rings is 1. The predicted molar refractivity (Wildman–Crippen MR) is 61.5 cm³/mol. The smallest absolute Gasteiger partial charge is 0.165 e. The molecule has 0 atom stereocenters. The van der Waals surface area contributed by atoms with E-state index in [-0.39, 0.29) is 10.9 Å². The molecule has 0 bridgehead atoms. The van der Waals surface area contributed by atoms with Crippen molar-refractivity contribution in [1.82, 2.24) is 15.2 Å². The van der Waals surface area contributed by atoms with Crippen molar-refractivity contribution in [3.05, 3.63) is 35.0 Å². The Labute approximate surface area is 102 Å². The molecule has 0 fully saturated rings. The van der Waals surface area contributed by atoms with Crippen LogP contribution in [0.3, 0.4) is 0 Å². The fourth-order valence-corrected chi connectivity index (χ4v) is 1.64. The van der Waals surface area contributed by atoms with Gasteiger partial charge in [-0.2, -0.15) is 0 Å². The number of ether oxygens (including phenoxy) is 1. The van der Waals surface area contributed by atoms with E-state index < -0.39 is 5.82 Å². The molecule has 6 heteroatoms. The maximum absolute atomic E-state index is 13.5. The summed E-state index contributed by atoms with van der Waals surface area (Å²) in [5, 5.41) is 7.88. The summed E-state index contributed by atoms with van der Waals surface area (Å²) >= 11 is 5.92. The maximum atomic E-state index is 13.5. The predicted octanol–water partition coefficient (Wildman–Crippen LogP) is 2.65. The van der Waals surface area contributed by atoms with Crippen LogP contribution >= 0.6 is 11.6 Å². The summed E-state index contributed by atoms with van der Waals surface area (Å²) in [6.07, 6.45) is 0. The monoisotopic (exact) mass is 253 g/mol. The average Bonchev–Trinajstić information content (AvgIpc) is 2.29. The Bertz CT molecular complexity index is 562. The van der Waals surface area contributed by atoms with Gasteiger partial charge in [-0.15, -0.1) is 10.2 Å². The second-order valence-electron chi connectivity index (χ2n) is 3.35. The largest absolute Gasteiger partial charge is 0.494 e. The number of rotatable bonds is 2. The summed E-state index contributed by atoms with van der Waals surface area (Å²) in [6, 6.07) is 4.43. The minimum Gasteiger partial charge on any atom is -0.494 e. The highest BCUT2D eigenvalue weighted by Gasteiger charge is 2.11. The van der Waals surface area contributed by atoms with Gasteiger partial charge in [0.15, 0.2) is 16.7 Å². The van der Waals surface area contributed by atoms with Crippen molar-refractivity contribution in [2.45, 2.75) is 6.92 Å². The van der Waals surface area contributed by atoms with E-state index in [0.717, 1.165) is 0 Å². The summed E-state index contributed by atoms with van der Waals surface area (Å²) in [5.74, 6) is 0.147. The third-order valence-corrected chi connectivity index (χ3v) is 2.44. The molecule has 2 aromatic rings. The first-order chi connectivity index (χ1) is 8.11. The van der Waals surface area contributed by atoms with Crippen LogP contribution in [0.25, 0.3) is 11.3 Å². The van der Waals surface area contributed by atoms with Gasteiger partial charge < -0.3 is 4.74 Å². The van der Waals surface area contributed by atoms with Gasteiger partial charge in [-0.3, -0.25) is 0 Å². The highest BCUT2D eigenvalue weighted by molar-refractivity contribution is 6.31. The normalized spacial score (nSPS) is 10.4. The Hall–Kier alpha value is -1.75. The van der Waals surface area contributed by atoms with Crippen LogP contribution in [0.15, 0.2) is 18.2 Å². The molecule has 1 aromatic carbocycles. The molecule has 0 spiro atoms. The Balaban J connectivity index is 2.50. The molecular formula is C11H9ClFN3O. The van der Waals surface area contributed by atoms with Crippen LogP contribution < -0.4 is 4.74 Å². The molecule has 0 unspecified atom stereocenters. The summed E-state index contributed by atoms with van der Waals surface area (Å²) in [7, 11) is 1.40. The van der Waals surface area contributed by atoms with E-state index in [1.807, 2.05) is 0 Å². The van der Waals surface area contributed by atoms with Gasteiger partial charge >= 0.3 is 0 Å². The van der Waals surface area contributed by atoms with Gasteiger partial charge in [0, 0.05) is 5.56 Å². The fourth-order valence-electron chi connectivity index (χ4n) is 1.37. The quantitative estimate of drug-likeness (QED) is 0.826. The SMILES string of the molecule is COc1ccc(-c2nnc(C)nc2Cl)cc1F. The Kier molecular flexibility index (Phi) is 3.19. The number of nitrogens with zero attached hydrogens (tertiary/aromatic N) is 3. The van der Waals surface area contributed by atoms with E-state index in [1.54, 1.807) is 13.0 Å². The zero-order chi connectivity index (χ0) is 12.4. The first-order valence-corrected chi connectivity index (χ1v) is 5.20. The van der Waals surface area contributed by atoms with Gasteiger partial charge in [-0.05, 0) is 25.1 Å². The van der Waals surface area contributed by atoms with Gasteiger partial charge in [0.1, 0.15) is 11.5 Å². The minimum absolute atomic E-state index is 0.165. The van der Waals surface area contributed by atoms with Crippen molar-refractivity contribution >= 4 is 11.6 Å². The lowest BCUT2D eigenvalue weighted by Crippen LogP contribution is -1.97. The maximum Gasteiger partial charge on any atom is 0.165 e. The molecule has 17 heavy (non-hydrogen) atoms. The summed E-state index contributed by atoms with van der Waals surface area (Å²) in [4.78, 5) is 3.96. The molecule has 2 rings (SSSR count). The minimum atomic E-state index is -0.483. The van der Waals surface area contributed by atoms with Crippen molar-refractivity contribution in [1.29, 1.82) is 0 Å². The van der Waals surface area contributed by atoms with Crippen LogP contribution in [0.1, 0.15) is 5.82 Å². The van der Waals surface area contributed by atoms with Gasteiger partial charge in [-0.1, -0.05) is 11.6 Å². The first kappa shape index (κ1) is 11.7. The van der Waals surface area contributed by atoms with Crippen molar-refractivity contribution in [2.75, 3.05) is 7.11 Å². The van der Waals surface area contributed by atoms with E-state index in [0.29, 0.717) is 17.1 Å². The zero-order valence-electron chi connectivity index (χ0n) is 9.24. The Morgan fingerprint density at radius 3 is 2.65 bits per heavy atom. The lowest BCUT2D eigenvalue weighted by molar-refractivity contribution is 0.386. The molecule has 0 saturated carbocycles. The molecule has 1 aromatic heterocycles. The first-order valence-electron chi connectivity index (χ1n) is 4.82. The van der Waals surface area contributed by atoms with Crippen LogP contribution in [-0.2, 0) is 0 Å². The molecule has 88 valence electrons. The molecule has 0 aliphatic heterocycles. The van der Waals surface area contributed by atoms with Crippen molar-refractivity contribution in [3.63, 3.8) is 0 Å². The van der Waals surface area contributed by atoms with Crippen LogP contribution in [0, 0.1) is 12.7 Å². The Morgan fingerprint density at radius 1 is 1.29 bits per heavy atom. The molecule has 0 radical (unpaired) electrons. The van der Waals surface area contributed by atoms with Crippen molar-refractivity contribution in [3.8, 4) is 17.0 Å². The molecule has 0 saturated heterocycles. The van der Waals surface area contributed by atoms with E-state index in [9.17, 15) is 4.39 Å². The van der Waals surface area contributed by atoms with E-state index in [2.05, 4.69) is 15.2 Å². The number of hydrogen-bond acceptors (Lipinski definition) is 4. The lowest BCUT2D eigenvalue weighted by atomic mass is 10.1. The topological polar surface area (TPSA) is 47.9 Å². The molecule has 4 nitrogen and oxygen atoms in total. The summed E-state index contributed by atoms with van der Waals surface area (Å²) < 4.78 is 18.3. The highest BCUT2D eigenvalue weighted by atomic mass is 35.5. The van der Waals surface area contributed by atoms with Crippen molar-refractivity contribution < 1.29 is 9.13 Å². The molecule has 0 aliphatic rings. The highest BCUT2D eigenvalue weighted by Crippen LogP contribution is 2.27. The average molecular weight is 254 g/mol. The van der Waals surface area contributed by atoms with Gasteiger partial charge in [-0.25, -0.2) is 9.37 Å². The van der Waals surface area contributed by atoms with Crippen LogP contribution in [-0.4, -0.2) is 22.3 Å². The van der Waals surface area contributed by atoms with E-state index in [4.69, 9.17) is 16.3 Å². The van der Waals surface area contributed by atoms with Crippen LogP contribution in [0.5, 0.6) is 5.75 Å². The molecule has 1 heterocycles. The summed E-state index contributed by atoms with van der Waals surface area (Å²) in [5.41, 5.74) is 0.854. The second kappa shape index (κ2) is 4.63. The third-order valence-electron chi connectivity index (χ3n) is 2.18. The number of aromatic nitrogens is 3. The van der Waals surface area contributed by atoms with E-state index in [1.165, 1.54) is 19.2 Å². The zero-order valence-corrected chi connectivity index (χ0v) is 9.99. The van der Waals surface area contributed by atoms with Crippen molar-refractivity contribution in [2.24, 2.45) is 0 Å². The molecule has 0 amide bonds. The summed E-state index contributed by atoms with van der Waals surface area (Å²) in [6.45, 7) is 1.68. The molecular weight excluding hydrogens is 245 g/mol. The number of methoxy groups -OCH3 is 1. The Morgan fingerprint density at radius 2 is 2.06 bits per heavy atom. The fraction of sp³-hybridized carbons (Fsp3) is 0.182. The second-order valence-corrected chi connectivity index (χ2v) is 3.71. The molecule has 0 N–H and O–H groups in total. The van der Waals surface area contributed by atoms with Gasteiger partial charge in [0.2, 0.25) is 0 Å². The van der Waals surface area contributed by atoms with Crippen LogP contribution in [0.2, 0.25) is 5.15 Å². The number of hydrogen-bond donors (Lipinski definition) is 0. The van der Waals surface area contributed by atoms with Crippen LogP contribution in [0.4, 0.5) is 4.39 Å². The number of aryl methyl sites for hydroxylation is 1. The van der Waals surface area contributed by atoms with Gasteiger partial charge in [0.25, 0.3) is 0 Å². The molecule has 0 aliphatic carbocycles. The lowest BCUT2D eigenvalue weighted by Gasteiger charge is -2.05. The van der Waals surface area contributed by atoms with Gasteiger partial charge in [0.05, 0.1) is 7.11 Å². The third kappa shape index (κ3) is 2.34. The van der Waals surface area contributed by atoms with E-state index >= 15 is 0 Å². The number of halogens is 2.